The van der Waals surface area contributed by atoms with Crippen molar-refractivity contribution < 1.29 is 0 Å². The quantitative estimate of drug-likeness (QED) is 0.825. The largest absolute Gasteiger partial charge is 0.377 e. The maximum atomic E-state index is 11.9. The van der Waals surface area contributed by atoms with Crippen LogP contribution in [0.4, 0.5) is 17.1 Å². The van der Waals surface area contributed by atoms with E-state index in [9.17, 15) is 9.59 Å². The fraction of sp³-hybridized carbons (Fsp3) is 0.421. The molecule has 0 bridgehead atoms. The number of nitriles is 1. The lowest BCUT2D eigenvalue weighted by molar-refractivity contribution is 0.328. The van der Waals surface area contributed by atoms with E-state index in [-0.39, 0.29) is 6.04 Å². The van der Waals surface area contributed by atoms with Gasteiger partial charge in [-0.25, -0.2) is 0 Å². The van der Waals surface area contributed by atoms with E-state index < -0.39 is 10.9 Å². The van der Waals surface area contributed by atoms with Crippen molar-refractivity contribution >= 4 is 17.1 Å². The van der Waals surface area contributed by atoms with Crippen LogP contribution in [0.15, 0.2) is 33.9 Å². The van der Waals surface area contributed by atoms with Crippen LogP contribution in [0.25, 0.3) is 0 Å². The molecule has 1 atom stereocenters. The number of hydrogen-bond donors (Lipinski definition) is 2. The highest BCUT2D eigenvalue weighted by atomic mass is 16.2. The summed E-state index contributed by atoms with van der Waals surface area (Å²) in [5, 5.41) is 15.1. The minimum absolute atomic E-state index is 0.176. The van der Waals surface area contributed by atoms with Crippen molar-refractivity contribution in [1.29, 1.82) is 5.26 Å². The topological polar surface area (TPSA) is 82.0 Å². The third-order valence-electron chi connectivity index (χ3n) is 4.92. The van der Waals surface area contributed by atoms with Gasteiger partial charge in [-0.2, -0.15) is 5.26 Å². The Labute approximate surface area is 141 Å². The van der Waals surface area contributed by atoms with Crippen molar-refractivity contribution in [3.63, 3.8) is 0 Å². The van der Waals surface area contributed by atoms with E-state index in [0.29, 0.717) is 28.5 Å². The van der Waals surface area contributed by atoms with E-state index in [1.165, 1.54) is 32.1 Å². The van der Waals surface area contributed by atoms with Gasteiger partial charge in [-0.1, -0.05) is 19.3 Å². The van der Waals surface area contributed by atoms with E-state index in [0.717, 1.165) is 0 Å². The minimum Gasteiger partial charge on any atom is -0.377 e. The number of anilines is 3. The number of hydrogen-bond acceptors (Lipinski definition) is 5. The highest BCUT2D eigenvalue weighted by molar-refractivity contribution is 5.79. The smallest absolute Gasteiger partial charge is 0.253 e. The van der Waals surface area contributed by atoms with Crippen LogP contribution in [0.5, 0.6) is 0 Å². The van der Waals surface area contributed by atoms with Crippen LogP contribution < -0.4 is 21.5 Å². The molecule has 5 nitrogen and oxygen atoms in total. The van der Waals surface area contributed by atoms with Gasteiger partial charge in [0.1, 0.15) is 11.4 Å². The average molecular weight is 323 g/mol. The van der Waals surface area contributed by atoms with Crippen molar-refractivity contribution in [2.75, 3.05) is 10.6 Å². The van der Waals surface area contributed by atoms with Gasteiger partial charge in [-0.05, 0) is 49.9 Å². The molecular formula is C19H21N3O2. The molecule has 0 heterocycles. The Morgan fingerprint density at radius 2 is 1.67 bits per heavy atom. The predicted molar refractivity (Wildman–Crippen MR) is 95.5 cm³/mol. The van der Waals surface area contributed by atoms with E-state index in [4.69, 9.17) is 5.26 Å². The first-order valence-electron chi connectivity index (χ1n) is 8.47. The van der Waals surface area contributed by atoms with Crippen molar-refractivity contribution in [3.8, 4) is 6.07 Å². The van der Waals surface area contributed by atoms with Crippen LogP contribution in [0.3, 0.4) is 0 Å². The second-order valence-electron chi connectivity index (χ2n) is 6.55. The normalized spacial score (nSPS) is 16.5. The summed E-state index contributed by atoms with van der Waals surface area (Å²) < 4.78 is 0. The molecular weight excluding hydrogens is 302 g/mol. The Bertz CT molecular complexity index is 820. The second-order valence-corrected chi connectivity index (χ2v) is 6.55. The average Bonchev–Trinajstić information content (AvgIpc) is 2.65. The van der Waals surface area contributed by atoms with Gasteiger partial charge in [0.05, 0.1) is 11.6 Å². The summed E-state index contributed by atoms with van der Waals surface area (Å²) in [7, 11) is 0. The first kappa shape index (κ1) is 16.3. The molecule has 0 aromatic heterocycles. The molecule has 124 valence electrons. The van der Waals surface area contributed by atoms with Crippen molar-refractivity contribution in [2.24, 2.45) is 5.92 Å². The lowest BCUT2D eigenvalue weighted by Crippen LogP contribution is -2.40. The molecule has 0 radical (unpaired) electrons. The highest BCUT2D eigenvalue weighted by Gasteiger charge is 2.26. The standard InChI is InChI=1S/C19H21N3O2/c1-12(14-5-3-2-4-6-14)21-16-17(19(24)18(16)23)22-15-9-7-13(11-20)8-10-15/h7-10,12,14,21-22H,2-6H2,1H3/t12-/m1/s1. The van der Waals surface area contributed by atoms with Crippen LogP contribution in [0, 0.1) is 17.2 Å². The monoisotopic (exact) mass is 323 g/mol. The minimum atomic E-state index is -0.488. The van der Waals surface area contributed by atoms with Gasteiger partial charge in [-0.15, -0.1) is 0 Å². The molecule has 0 aliphatic heterocycles. The Morgan fingerprint density at radius 1 is 1.04 bits per heavy atom. The zero-order valence-electron chi connectivity index (χ0n) is 13.8. The lowest BCUT2D eigenvalue weighted by Gasteiger charge is -2.29. The molecule has 0 unspecified atom stereocenters. The Hall–Kier alpha value is -2.61. The van der Waals surface area contributed by atoms with E-state index in [1.54, 1.807) is 24.3 Å². The maximum Gasteiger partial charge on any atom is 0.253 e. The SMILES string of the molecule is C[C@@H](Nc1c(Nc2ccc(C#N)cc2)c(=O)c1=O)C1CCCCC1. The van der Waals surface area contributed by atoms with Gasteiger partial charge >= 0.3 is 0 Å². The Morgan fingerprint density at radius 3 is 2.29 bits per heavy atom. The fourth-order valence-corrected chi connectivity index (χ4v) is 3.40. The van der Waals surface area contributed by atoms with Crippen LogP contribution >= 0.6 is 0 Å². The van der Waals surface area contributed by atoms with E-state index >= 15 is 0 Å². The van der Waals surface area contributed by atoms with Gasteiger partial charge in [0.25, 0.3) is 10.9 Å². The molecule has 5 heteroatoms. The maximum absolute atomic E-state index is 11.9. The molecule has 0 spiro atoms. The number of benzene rings is 1. The Kier molecular flexibility index (Phi) is 4.66. The highest BCUT2D eigenvalue weighted by Crippen LogP contribution is 2.29. The third kappa shape index (κ3) is 3.18. The summed E-state index contributed by atoms with van der Waals surface area (Å²) in [6, 6.07) is 9.02. The molecule has 0 amide bonds. The van der Waals surface area contributed by atoms with Gasteiger partial charge in [-0.3, -0.25) is 9.59 Å². The van der Waals surface area contributed by atoms with Gasteiger partial charge < -0.3 is 10.6 Å². The molecule has 2 aromatic rings. The molecule has 24 heavy (non-hydrogen) atoms. The van der Waals surface area contributed by atoms with Gasteiger partial charge in [0, 0.05) is 11.7 Å². The molecule has 2 N–H and O–H groups in total. The van der Waals surface area contributed by atoms with Crippen molar-refractivity contribution in [2.45, 2.75) is 45.1 Å². The molecule has 0 saturated heterocycles. The number of nitrogens with one attached hydrogen (secondary N) is 2. The summed E-state index contributed by atoms with van der Waals surface area (Å²) in [6.45, 7) is 2.08. The first-order chi connectivity index (χ1) is 11.6. The molecule has 1 aliphatic rings. The summed E-state index contributed by atoms with van der Waals surface area (Å²) >= 11 is 0. The molecule has 1 saturated carbocycles. The van der Waals surface area contributed by atoms with Gasteiger partial charge in [0.15, 0.2) is 0 Å². The second kappa shape index (κ2) is 6.88. The zero-order chi connectivity index (χ0) is 17.1. The zero-order valence-corrected chi connectivity index (χ0v) is 13.8. The van der Waals surface area contributed by atoms with Crippen LogP contribution in [0.1, 0.15) is 44.6 Å². The van der Waals surface area contributed by atoms with E-state index in [2.05, 4.69) is 17.6 Å². The molecule has 1 aliphatic carbocycles. The summed E-state index contributed by atoms with van der Waals surface area (Å²) in [6.07, 6.45) is 6.09. The van der Waals surface area contributed by atoms with Crippen molar-refractivity contribution in [1.82, 2.24) is 0 Å². The Balaban J connectivity index is 1.73. The fourth-order valence-electron chi connectivity index (χ4n) is 3.40. The van der Waals surface area contributed by atoms with Gasteiger partial charge in [0.2, 0.25) is 0 Å². The number of nitrogens with zero attached hydrogens (tertiary/aromatic N) is 1. The third-order valence-corrected chi connectivity index (χ3v) is 4.92. The molecule has 2 aromatic carbocycles. The molecule has 1 fully saturated rings. The molecule has 3 rings (SSSR count). The van der Waals surface area contributed by atoms with Crippen LogP contribution in [-0.4, -0.2) is 6.04 Å². The van der Waals surface area contributed by atoms with Crippen LogP contribution in [-0.2, 0) is 0 Å². The summed E-state index contributed by atoms with van der Waals surface area (Å²) in [4.78, 5) is 23.8. The lowest BCUT2D eigenvalue weighted by atomic mass is 9.84. The van der Waals surface area contributed by atoms with Crippen molar-refractivity contribution in [3.05, 3.63) is 50.3 Å². The number of rotatable bonds is 5. The first-order valence-corrected chi connectivity index (χ1v) is 8.47. The summed E-state index contributed by atoms with van der Waals surface area (Å²) in [5.74, 6) is 0.547. The van der Waals surface area contributed by atoms with Crippen LogP contribution in [0.2, 0.25) is 0 Å². The predicted octanol–water partition coefficient (Wildman–Crippen LogP) is 3.28. The van der Waals surface area contributed by atoms with E-state index in [1.807, 2.05) is 6.07 Å². The summed E-state index contributed by atoms with van der Waals surface area (Å²) in [5.41, 5.74) is 1.02.